The first-order valence-corrected chi connectivity index (χ1v) is 5.08. The molecule has 0 aliphatic rings. The largest absolute Gasteiger partial charge is 0.389 e. The van der Waals surface area contributed by atoms with Gasteiger partial charge in [-0.25, -0.2) is 4.57 Å². The molecular weight excluding hydrogens is 188 g/mol. The minimum absolute atomic E-state index is 0.340. The summed E-state index contributed by atoms with van der Waals surface area (Å²) in [6, 6.07) is 10.0. The van der Waals surface area contributed by atoms with Crippen molar-refractivity contribution in [2.24, 2.45) is 0 Å². The van der Waals surface area contributed by atoms with Gasteiger partial charge in [0.25, 0.3) is 0 Å². The minimum atomic E-state index is -0.340. The van der Waals surface area contributed by atoms with Crippen LogP contribution in [0.3, 0.4) is 0 Å². The number of nitrogens with zero attached hydrogens (tertiary/aromatic N) is 1. The summed E-state index contributed by atoms with van der Waals surface area (Å²) in [6.45, 7) is 0.623. The average Bonchev–Trinajstić information content (AvgIpc) is 2.71. The number of rotatable bonds is 4. The van der Waals surface area contributed by atoms with Gasteiger partial charge < -0.3 is 5.11 Å². The quantitative estimate of drug-likeness (QED) is 0.712. The first-order valence-electron chi connectivity index (χ1n) is 5.08. The molecule has 0 fully saturated rings. The van der Waals surface area contributed by atoms with E-state index in [4.69, 9.17) is 0 Å². The molecule has 78 valence electrons. The highest BCUT2D eigenvalue weighted by atomic mass is 16.3. The van der Waals surface area contributed by atoms with Crippen molar-refractivity contribution in [1.82, 2.24) is 4.98 Å². The summed E-state index contributed by atoms with van der Waals surface area (Å²) >= 11 is 0. The average molecular weight is 203 g/mol. The predicted molar refractivity (Wildman–Crippen MR) is 57.1 cm³/mol. The molecule has 0 aliphatic carbocycles. The summed E-state index contributed by atoms with van der Waals surface area (Å²) in [5.74, 6) is 0. The van der Waals surface area contributed by atoms with Crippen LogP contribution in [0.2, 0.25) is 0 Å². The van der Waals surface area contributed by atoms with Gasteiger partial charge in [0.1, 0.15) is 18.9 Å². The van der Waals surface area contributed by atoms with Gasteiger partial charge in [0.05, 0.1) is 6.10 Å². The molecule has 0 saturated carbocycles. The zero-order valence-corrected chi connectivity index (χ0v) is 8.50. The minimum Gasteiger partial charge on any atom is -0.389 e. The second kappa shape index (κ2) is 4.75. The summed E-state index contributed by atoms with van der Waals surface area (Å²) < 4.78 is 1.94. The fourth-order valence-corrected chi connectivity index (χ4v) is 1.63. The van der Waals surface area contributed by atoms with Crippen LogP contribution in [0, 0.1) is 0 Å². The van der Waals surface area contributed by atoms with Crippen LogP contribution in [0.15, 0.2) is 49.1 Å². The summed E-state index contributed by atoms with van der Waals surface area (Å²) in [7, 11) is 0. The van der Waals surface area contributed by atoms with E-state index < -0.39 is 0 Å². The molecule has 0 aliphatic heterocycles. The standard InChI is InChI=1S/C12H14N2O/c15-12(9-14-7-6-13-10-14)8-11-4-2-1-3-5-11/h1-7,10,12,15H,8-9H2/p+1. The topological polar surface area (TPSA) is 39.9 Å². The Kier molecular flexibility index (Phi) is 3.15. The van der Waals surface area contributed by atoms with E-state index in [1.807, 2.05) is 53.6 Å². The van der Waals surface area contributed by atoms with Crippen LogP contribution >= 0.6 is 0 Å². The Morgan fingerprint density at radius 1 is 1.27 bits per heavy atom. The Hall–Kier alpha value is -1.61. The summed E-state index contributed by atoms with van der Waals surface area (Å²) in [6.07, 6.45) is 5.95. The van der Waals surface area contributed by atoms with Crippen LogP contribution in [-0.4, -0.2) is 16.2 Å². The van der Waals surface area contributed by atoms with Crippen LogP contribution in [0.25, 0.3) is 0 Å². The molecule has 0 radical (unpaired) electrons. The summed E-state index contributed by atoms with van der Waals surface area (Å²) in [5.41, 5.74) is 1.17. The zero-order valence-electron chi connectivity index (χ0n) is 8.50. The Labute approximate surface area is 89.0 Å². The predicted octanol–water partition coefficient (Wildman–Crippen LogP) is 0.906. The highest BCUT2D eigenvalue weighted by Crippen LogP contribution is 2.02. The molecular formula is C12H15N2O+. The first kappa shape index (κ1) is 9.93. The number of hydrogen-bond acceptors (Lipinski definition) is 1. The maximum absolute atomic E-state index is 9.84. The Bertz CT molecular complexity index is 383. The molecule has 1 atom stereocenters. The van der Waals surface area contributed by atoms with Gasteiger partial charge in [0.15, 0.2) is 0 Å². The van der Waals surface area contributed by atoms with Crippen molar-refractivity contribution < 1.29 is 9.67 Å². The SMILES string of the molecule is OC(Cc1ccccc1)C[n+]1cc[nH]c1. The van der Waals surface area contributed by atoms with E-state index in [-0.39, 0.29) is 6.10 Å². The van der Waals surface area contributed by atoms with Gasteiger partial charge >= 0.3 is 0 Å². The molecule has 1 heterocycles. The summed E-state index contributed by atoms with van der Waals surface area (Å²) in [5, 5.41) is 9.84. The molecule has 3 heteroatoms. The lowest BCUT2D eigenvalue weighted by Crippen LogP contribution is -2.38. The number of nitrogens with one attached hydrogen (secondary N) is 1. The van der Waals surface area contributed by atoms with Gasteiger partial charge in [-0.1, -0.05) is 30.3 Å². The van der Waals surface area contributed by atoms with E-state index in [1.54, 1.807) is 0 Å². The lowest BCUT2D eigenvalue weighted by atomic mass is 10.1. The van der Waals surface area contributed by atoms with E-state index in [2.05, 4.69) is 4.98 Å². The molecule has 2 N–H and O–H groups in total. The fraction of sp³-hybridized carbons (Fsp3) is 0.250. The monoisotopic (exact) mass is 203 g/mol. The molecule has 0 amide bonds. The van der Waals surface area contributed by atoms with Gasteiger partial charge in [-0.2, -0.15) is 0 Å². The van der Waals surface area contributed by atoms with Crippen LogP contribution in [0.5, 0.6) is 0 Å². The molecule has 2 rings (SSSR count). The third kappa shape index (κ3) is 2.92. The number of aliphatic hydroxyl groups is 1. The number of aromatic amines is 1. The molecule has 0 spiro atoms. The van der Waals surface area contributed by atoms with Gasteiger partial charge in [0, 0.05) is 6.42 Å². The molecule has 15 heavy (non-hydrogen) atoms. The lowest BCUT2D eigenvalue weighted by Gasteiger charge is -2.07. The molecule has 1 aromatic carbocycles. The lowest BCUT2D eigenvalue weighted by molar-refractivity contribution is -0.702. The second-order valence-electron chi connectivity index (χ2n) is 3.65. The maximum Gasteiger partial charge on any atom is 0.241 e. The van der Waals surface area contributed by atoms with Crippen molar-refractivity contribution in [1.29, 1.82) is 0 Å². The van der Waals surface area contributed by atoms with Gasteiger partial charge in [-0.3, -0.25) is 4.98 Å². The second-order valence-corrected chi connectivity index (χ2v) is 3.65. The van der Waals surface area contributed by atoms with Crippen LogP contribution in [0.1, 0.15) is 5.56 Å². The van der Waals surface area contributed by atoms with E-state index in [0.29, 0.717) is 13.0 Å². The van der Waals surface area contributed by atoms with Crippen molar-refractivity contribution in [3.63, 3.8) is 0 Å². The van der Waals surface area contributed by atoms with Crippen molar-refractivity contribution >= 4 is 0 Å². The number of H-pyrrole nitrogens is 1. The van der Waals surface area contributed by atoms with Crippen LogP contribution in [-0.2, 0) is 13.0 Å². The van der Waals surface area contributed by atoms with E-state index in [0.717, 1.165) is 0 Å². The Morgan fingerprint density at radius 2 is 2.07 bits per heavy atom. The molecule has 0 saturated heterocycles. The van der Waals surface area contributed by atoms with Crippen LogP contribution < -0.4 is 4.57 Å². The third-order valence-corrected chi connectivity index (χ3v) is 2.34. The number of aliphatic hydroxyl groups excluding tert-OH is 1. The normalized spacial score (nSPS) is 12.6. The van der Waals surface area contributed by atoms with Crippen molar-refractivity contribution in [3.05, 3.63) is 54.6 Å². The van der Waals surface area contributed by atoms with Crippen LogP contribution in [0.4, 0.5) is 0 Å². The van der Waals surface area contributed by atoms with Gasteiger partial charge in [0.2, 0.25) is 6.33 Å². The van der Waals surface area contributed by atoms with Crippen molar-refractivity contribution in [2.75, 3.05) is 0 Å². The molecule has 2 aromatic rings. The Balaban J connectivity index is 1.90. The zero-order chi connectivity index (χ0) is 10.5. The molecule has 0 bridgehead atoms. The fourth-order valence-electron chi connectivity index (χ4n) is 1.63. The number of aromatic nitrogens is 2. The molecule has 3 nitrogen and oxygen atoms in total. The number of benzene rings is 1. The van der Waals surface area contributed by atoms with E-state index >= 15 is 0 Å². The maximum atomic E-state index is 9.84. The highest BCUT2D eigenvalue weighted by molar-refractivity contribution is 5.15. The highest BCUT2D eigenvalue weighted by Gasteiger charge is 2.08. The van der Waals surface area contributed by atoms with Gasteiger partial charge in [-0.05, 0) is 5.56 Å². The van der Waals surface area contributed by atoms with E-state index in [9.17, 15) is 5.11 Å². The molecule has 1 aromatic heterocycles. The smallest absolute Gasteiger partial charge is 0.241 e. The first-order chi connectivity index (χ1) is 7.34. The third-order valence-electron chi connectivity index (χ3n) is 2.34. The van der Waals surface area contributed by atoms with Gasteiger partial charge in [-0.15, -0.1) is 0 Å². The van der Waals surface area contributed by atoms with Crippen molar-refractivity contribution in [2.45, 2.75) is 19.1 Å². The number of imidazole rings is 1. The summed E-state index contributed by atoms with van der Waals surface area (Å²) in [4.78, 5) is 2.95. The van der Waals surface area contributed by atoms with E-state index in [1.165, 1.54) is 5.56 Å². The van der Waals surface area contributed by atoms with Crippen molar-refractivity contribution in [3.8, 4) is 0 Å². The molecule has 1 unspecified atom stereocenters. The Morgan fingerprint density at radius 3 is 2.73 bits per heavy atom. The number of hydrogen-bond donors (Lipinski definition) is 2.